The molecule has 18 heavy (non-hydrogen) atoms. The van der Waals surface area contributed by atoms with Crippen LogP contribution in [0.25, 0.3) is 0 Å². The number of rotatable bonds is 7. The van der Waals surface area contributed by atoms with Crippen LogP contribution in [-0.4, -0.2) is 38.8 Å². The molecule has 4 nitrogen and oxygen atoms in total. The van der Waals surface area contributed by atoms with Gasteiger partial charge in [-0.1, -0.05) is 18.2 Å². The summed E-state index contributed by atoms with van der Waals surface area (Å²) in [6.45, 7) is 5.88. The Bertz CT molecular complexity index is 380. The Morgan fingerprint density at radius 3 is 2.78 bits per heavy atom. The zero-order chi connectivity index (χ0) is 13.4. The van der Waals surface area contributed by atoms with Gasteiger partial charge in [0.1, 0.15) is 0 Å². The number of carbonyl (C=O) groups is 1. The van der Waals surface area contributed by atoms with Gasteiger partial charge in [-0.25, -0.2) is 0 Å². The van der Waals surface area contributed by atoms with Gasteiger partial charge in [-0.05, 0) is 32.5 Å². The van der Waals surface area contributed by atoms with Crippen molar-refractivity contribution in [2.75, 3.05) is 26.7 Å². The van der Waals surface area contributed by atoms with E-state index in [1.165, 1.54) is 0 Å². The van der Waals surface area contributed by atoms with E-state index in [0.717, 1.165) is 17.7 Å². The van der Waals surface area contributed by atoms with E-state index in [1.807, 2.05) is 45.2 Å². The second-order valence-corrected chi connectivity index (χ2v) is 4.31. The molecular formula is C14H22N2O2. The van der Waals surface area contributed by atoms with Crippen LogP contribution in [0.4, 0.5) is 0 Å². The van der Waals surface area contributed by atoms with Crippen LogP contribution in [0.1, 0.15) is 22.8 Å². The minimum absolute atomic E-state index is 0.0197. The highest BCUT2D eigenvalue weighted by atomic mass is 16.5. The fourth-order valence-corrected chi connectivity index (χ4v) is 1.58. The predicted octanol–water partition coefficient (Wildman–Crippen LogP) is 1.35. The third-order valence-electron chi connectivity index (χ3n) is 2.69. The first-order valence-electron chi connectivity index (χ1n) is 6.25. The SMILES string of the molecule is CNCCOC(C)CNC(=O)c1ccccc1C. The first kappa shape index (κ1) is 14.7. The monoisotopic (exact) mass is 250 g/mol. The van der Waals surface area contributed by atoms with Crippen LogP contribution in [-0.2, 0) is 4.74 Å². The van der Waals surface area contributed by atoms with E-state index in [1.54, 1.807) is 0 Å². The smallest absolute Gasteiger partial charge is 0.251 e. The van der Waals surface area contributed by atoms with E-state index in [0.29, 0.717) is 13.2 Å². The van der Waals surface area contributed by atoms with Gasteiger partial charge in [0, 0.05) is 18.7 Å². The number of ether oxygens (including phenoxy) is 1. The molecule has 0 aliphatic rings. The number of hydrogen-bond acceptors (Lipinski definition) is 3. The van der Waals surface area contributed by atoms with Gasteiger partial charge in [0.2, 0.25) is 0 Å². The van der Waals surface area contributed by atoms with E-state index < -0.39 is 0 Å². The maximum absolute atomic E-state index is 11.9. The summed E-state index contributed by atoms with van der Waals surface area (Å²) in [4.78, 5) is 11.9. The van der Waals surface area contributed by atoms with Crippen LogP contribution in [0.15, 0.2) is 24.3 Å². The number of carbonyl (C=O) groups excluding carboxylic acids is 1. The Kier molecular flexibility index (Phi) is 6.39. The summed E-state index contributed by atoms with van der Waals surface area (Å²) in [5.41, 5.74) is 1.71. The highest BCUT2D eigenvalue weighted by Gasteiger charge is 2.09. The summed E-state index contributed by atoms with van der Waals surface area (Å²) in [7, 11) is 1.88. The number of hydrogen-bond donors (Lipinski definition) is 2. The lowest BCUT2D eigenvalue weighted by atomic mass is 10.1. The predicted molar refractivity (Wildman–Crippen MR) is 72.9 cm³/mol. The Morgan fingerprint density at radius 2 is 2.11 bits per heavy atom. The molecule has 1 amide bonds. The Morgan fingerprint density at radius 1 is 1.39 bits per heavy atom. The van der Waals surface area contributed by atoms with Crippen LogP contribution >= 0.6 is 0 Å². The molecule has 4 heteroatoms. The van der Waals surface area contributed by atoms with Gasteiger partial charge in [0.05, 0.1) is 12.7 Å². The van der Waals surface area contributed by atoms with E-state index in [4.69, 9.17) is 4.74 Å². The van der Waals surface area contributed by atoms with Gasteiger partial charge >= 0.3 is 0 Å². The van der Waals surface area contributed by atoms with Gasteiger partial charge < -0.3 is 15.4 Å². The van der Waals surface area contributed by atoms with Crippen LogP contribution in [0.5, 0.6) is 0 Å². The number of amides is 1. The van der Waals surface area contributed by atoms with Crippen molar-refractivity contribution < 1.29 is 9.53 Å². The minimum atomic E-state index is -0.0443. The van der Waals surface area contributed by atoms with Gasteiger partial charge in [-0.2, -0.15) is 0 Å². The highest BCUT2D eigenvalue weighted by molar-refractivity contribution is 5.95. The second kappa shape index (κ2) is 7.84. The number of benzene rings is 1. The standard InChI is InChI=1S/C14H22N2O2/c1-11-6-4-5-7-13(11)14(17)16-10-12(2)18-9-8-15-3/h4-7,12,15H,8-10H2,1-3H3,(H,16,17). The van der Waals surface area contributed by atoms with Gasteiger partial charge in [-0.3, -0.25) is 4.79 Å². The molecule has 0 fully saturated rings. The van der Waals surface area contributed by atoms with Crippen molar-refractivity contribution in [2.45, 2.75) is 20.0 Å². The molecule has 0 aliphatic heterocycles. The number of likely N-dealkylation sites (N-methyl/N-ethyl adjacent to an activating group) is 1. The quantitative estimate of drug-likeness (QED) is 0.718. The molecular weight excluding hydrogens is 228 g/mol. The van der Waals surface area contributed by atoms with E-state index >= 15 is 0 Å². The lowest BCUT2D eigenvalue weighted by Gasteiger charge is -2.14. The van der Waals surface area contributed by atoms with Crippen LogP contribution in [0, 0.1) is 6.92 Å². The summed E-state index contributed by atoms with van der Waals surface area (Å²) < 4.78 is 5.52. The summed E-state index contributed by atoms with van der Waals surface area (Å²) in [5, 5.41) is 5.89. The fourth-order valence-electron chi connectivity index (χ4n) is 1.58. The van der Waals surface area contributed by atoms with Crippen molar-refractivity contribution in [1.82, 2.24) is 10.6 Å². The fraction of sp³-hybridized carbons (Fsp3) is 0.500. The second-order valence-electron chi connectivity index (χ2n) is 4.31. The molecule has 1 aromatic carbocycles. The molecule has 0 aromatic heterocycles. The zero-order valence-electron chi connectivity index (χ0n) is 11.3. The lowest BCUT2D eigenvalue weighted by Crippen LogP contribution is -2.33. The largest absolute Gasteiger partial charge is 0.375 e. The molecule has 0 spiro atoms. The Balaban J connectivity index is 2.35. The maximum Gasteiger partial charge on any atom is 0.251 e. The van der Waals surface area contributed by atoms with Crippen LogP contribution in [0.3, 0.4) is 0 Å². The van der Waals surface area contributed by atoms with E-state index in [-0.39, 0.29) is 12.0 Å². The molecule has 0 radical (unpaired) electrons. The summed E-state index contributed by atoms with van der Waals surface area (Å²) >= 11 is 0. The first-order chi connectivity index (χ1) is 8.65. The van der Waals surface area contributed by atoms with Crippen molar-refractivity contribution in [3.8, 4) is 0 Å². The lowest BCUT2D eigenvalue weighted by molar-refractivity contribution is 0.0640. The van der Waals surface area contributed by atoms with Gasteiger partial charge in [0.25, 0.3) is 5.91 Å². The van der Waals surface area contributed by atoms with Crippen molar-refractivity contribution in [3.63, 3.8) is 0 Å². The van der Waals surface area contributed by atoms with Crippen molar-refractivity contribution >= 4 is 5.91 Å². The van der Waals surface area contributed by atoms with Crippen molar-refractivity contribution in [3.05, 3.63) is 35.4 Å². The normalized spacial score (nSPS) is 12.2. The average molecular weight is 250 g/mol. The molecule has 1 atom stereocenters. The molecule has 100 valence electrons. The minimum Gasteiger partial charge on any atom is -0.375 e. The van der Waals surface area contributed by atoms with Crippen molar-refractivity contribution in [2.24, 2.45) is 0 Å². The Labute approximate surface area is 109 Å². The van der Waals surface area contributed by atoms with Gasteiger partial charge in [0.15, 0.2) is 0 Å². The molecule has 1 rings (SSSR count). The molecule has 0 bridgehead atoms. The molecule has 1 aromatic rings. The number of nitrogens with one attached hydrogen (secondary N) is 2. The van der Waals surface area contributed by atoms with Crippen LogP contribution in [0.2, 0.25) is 0 Å². The van der Waals surface area contributed by atoms with E-state index in [9.17, 15) is 4.79 Å². The third-order valence-corrected chi connectivity index (χ3v) is 2.69. The molecule has 2 N–H and O–H groups in total. The Hall–Kier alpha value is -1.39. The van der Waals surface area contributed by atoms with E-state index in [2.05, 4.69) is 10.6 Å². The third kappa shape index (κ3) is 4.85. The molecule has 0 heterocycles. The van der Waals surface area contributed by atoms with Crippen molar-refractivity contribution in [1.29, 1.82) is 0 Å². The van der Waals surface area contributed by atoms with Crippen LogP contribution < -0.4 is 10.6 Å². The van der Waals surface area contributed by atoms with Gasteiger partial charge in [-0.15, -0.1) is 0 Å². The maximum atomic E-state index is 11.9. The highest BCUT2D eigenvalue weighted by Crippen LogP contribution is 2.06. The number of aryl methyl sites for hydroxylation is 1. The molecule has 0 saturated heterocycles. The average Bonchev–Trinajstić information content (AvgIpc) is 2.37. The topological polar surface area (TPSA) is 50.4 Å². The molecule has 0 aliphatic carbocycles. The summed E-state index contributed by atoms with van der Waals surface area (Å²) in [6, 6.07) is 7.56. The summed E-state index contributed by atoms with van der Waals surface area (Å²) in [5.74, 6) is -0.0443. The molecule has 1 unspecified atom stereocenters. The first-order valence-corrected chi connectivity index (χ1v) is 6.25. The molecule has 0 saturated carbocycles. The summed E-state index contributed by atoms with van der Waals surface area (Å²) in [6.07, 6.45) is 0.0197. The zero-order valence-corrected chi connectivity index (χ0v) is 11.3.